The molecular formula is C10H13F3N2. The minimum atomic E-state index is -1.28. The van der Waals surface area contributed by atoms with E-state index < -0.39 is 17.6 Å². The number of halogens is 3. The van der Waals surface area contributed by atoms with Crippen LogP contribution in [-0.4, -0.2) is 11.5 Å². The molecule has 0 fully saturated rings. The molecule has 0 aromatic carbocycles. The van der Waals surface area contributed by atoms with Crippen molar-refractivity contribution in [3.8, 4) is 0 Å². The maximum atomic E-state index is 13.0. The van der Waals surface area contributed by atoms with Crippen LogP contribution in [0, 0.1) is 17.6 Å². The van der Waals surface area contributed by atoms with Gasteiger partial charge in [-0.3, -0.25) is 0 Å². The van der Waals surface area contributed by atoms with E-state index in [9.17, 15) is 13.2 Å². The molecule has 0 amide bonds. The first-order valence-corrected chi connectivity index (χ1v) is 4.90. The first kappa shape index (κ1) is 11.8. The van der Waals surface area contributed by atoms with Crippen LogP contribution in [0.15, 0.2) is 6.07 Å². The molecule has 0 bridgehead atoms. The van der Waals surface area contributed by atoms with Crippen LogP contribution in [-0.2, 0) is 0 Å². The molecule has 0 saturated carbocycles. The van der Waals surface area contributed by atoms with Gasteiger partial charge in [-0.25, -0.2) is 8.78 Å². The molecule has 0 aliphatic rings. The Balaban J connectivity index is 2.57. The minimum absolute atomic E-state index is 0.231. The third kappa shape index (κ3) is 3.42. The number of aromatic nitrogens is 1. The lowest BCUT2D eigenvalue weighted by Gasteiger charge is -2.06. The topological polar surface area (TPSA) is 24.9 Å². The molecule has 0 aliphatic carbocycles. The summed E-state index contributed by atoms with van der Waals surface area (Å²) in [5.41, 5.74) is 0. The fourth-order valence-corrected chi connectivity index (χ4v) is 1.15. The lowest BCUT2D eigenvalue weighted by atomic mass is 10.2. The van der Waals surface area contributed by atoms with Gasteiger partial charge in [0, 0.05) is 12.6 Å². The molecule has 84 valence electrons. The predicted molar refractivity (Wildman–Crippen MR) is 52.1 cm³/mol. The Morgan fingerprint density at radius 3 is 2.60 bits per heavy atom. The minimum Gasteiger partial charge on any atom is -0.368 e. The summed E-state index contributed by atoms with van der Waals surface area (Å²) in [5, 5.41) is 2.62. The molecule has 0 radical (unpaired) electrons. The van der Waals surface area contributed by atoms with Crippen molar-refractivity contribution in [2.24, 2.45) is 0 Å². The second-order valence-electron chi connectivity index (χ2n) is 3.23. The van der Waals surface area contributed by atoms with Crippen LogP contribution < -0.4 is 5.32 Å². The molecule has 15 heavy (non-hydrogen) atoms. The van der Waals surface area contributed by atoms with Crippen molar-refractivity contribution >= 4 is 5.82 Å². The smallest absolute Gasteiger partial charge is 0.251 e. The zero-order valence-corrected chi connectivity index (χ0v) is 8.49. The second-order valence-corrected chi connectivity index (χ2v) is 3.23. The van der Waals surface area contributed by atoms with Crippen molar-refractivity contribution in [2.75, 3.05) is 11.9 Å². The van der Waals surface area contributed by atoms with E-state index in [2.05, 4.69) is 10.3 Å². The van der Waals surface area contributed by atoms with Gasteiger partial charge in [-0.05, 0) is 6.42 Å². The van der Waals surface area contributed by atoms with E-state index in [1.165, 1.54) is 0 Å². The molecule has 1 heterocycles. The Labute approximate surface area is 86.5 Å². The molecule has 0 unspecified atom stereocenters. The van der Waals surface area contributed by atoms with Crippen LogP contribution in [0.2, 0.25) is 0 Å². The number of pyridine rings is 1. The van der Waals surface area contributed by atoms with Gasteiger partial charge in [-0.2, -0.15) is 9.37 Å². The number of nitrogens with one attached hydrogen (secondary N) is 1. The van der Waals surface area contributed by atoms with Crippen molar-refractivity contribution in [3.05, 3.63) is 23.6 Å². The van der Waals surface area contributed by atoms with E-state index in [1.54, 1.807) is 0 Å². The van der Waals surface area contributed by atoms with Crippen LogP contribution in [0.25, 0.3) is 0 Å². The van der Waals surface area contributed by atoms with Gasteiger partial charge in [0.25, 0.3) is 5.95 Å². The molecule has 5 heteroatoms. The summed E-state index contributed by atoms with van der Waals surface area (Å²) in [5.74, 6) is -3.66. The van der Waals surface area contributed by atoms with Crippen molar-refractivity contribution in [1.29, 1.82) is 0 Å². The number of unbranched alkanes of at least 4 members (excludes halogenated alkanes) is 2. The number of rotatable bonds is 5. The van der Waals surface area contributed by atoms with Gasteiger partial charge in [0.05, 0.1) is 0 Å². The zero-order chi connectivity index (χ0) is 11.3. The summed E-state index contributed by atoms with van der Waals surface area (Å²) >= 11 is 0. The molecule has 0 atom stereocenters. The molecule has 0 aliphatic heterocycles. The lowest BCUT2D eigenvalue weighted by molar-refractivity contribution is 0.466. The van der Waals surface area contributed by atoms with Gasteiger partial charge >= 0.3 is 0 Å². The molecular weight excluding hydrogens is 205 g/mol. The first-order valence-electron chi connectivity index (χ1n) is 4.90. The zero-order valence-electron chi connectivity index (χ0n) is 8.49. The Bertz CT molecular complexity index is 329. The van der Waals surface area contributed by atoms with Gasteiger partial charge in [-0.15, -0.1) is 0 Å². The van der Waals surface area contributed by atoms with Crippen molar-refractivity contribution in [1.82, 2.24) is 4.98 Å². The van der Waals surface area contributed by atoms with E-state index in [4.69, 9.17) is 0 Å². The average Bonchev–Trinajstić information content (AvgIpc) is 2.20. The predicted octanol–water partition coefficient (Wildman–Crippen LogP) is 3.10. The number of hydrogen-bond acceptors (Lipinski definition) is 2. The van der Waals surface area contributed by atoms with Gasteiger partial charge in [0.15, 0.2) is 17.5 Å². The standard InChI is InChI=1S/C10H13F3N2/c1-2-3-4-5-14-10-8(12)6-7(11)9(13)15-10/h6H,2-5H2,1H3,(H,14,15). The number of nitrogens with zero attached hydrogens (tertiary/aromatic N) is 1. The highest BCUT2D eigenvalue weighted by atomic mass is 19.2. The number of anilines is 1. The Hall–Kier alpha value is -1.26. The normalized spacial score (nSPS) is 10.4. The van der Waals surface area contributed by atoms with Crippen LogP contribution in [0.3, 0.4) is 0 Å². The fourth-order valence-electron chi connectivity index (χ4n) is 1.15. The molecule has 1 rings (SSSR count). The first-order chi connectivity index (χ1) is 7.15. The molecule has 2 nitrogen and oxygen atoms in total. The van der Waals surface area contributed by atoms with Crippen LogP contribution in [0.5, 0.6) is 0 Å². The van der Waals surface area contributed by atoms with E-state index in [1.807, 2.05) is 6.92 Å². The highest BCUT2D eigenvalue weighted by Crippen LogP contribution is 2.14. The molecule has 1 aromatic heterocycles. The molecule has 0 spiro atoms. The average molecular weight is 218 g/mol. The van der Waals surface area contributed by atoms with Gasteiger partial charge in [0.2, 0.25) is 0 Å². The Morgan fingerprint density at radius 2 is 1.93 bits per heavy atom. The molecule has 0 saturated heterocycles. The summed E-state index contributed by atoms with van der Waals surface area (Å²) < 4.78 is 38.1. The van der Waals surface area contributed by atoms with Crippen molar-refractivity contribution < 1.29 is 13.2 Å². The van der Waals surface area contributed by atoms with Crippen LogP contribution >= 0.6 is 0 Å². The second kappa shape index (κ2) is 5.58. The third-order valence-electron chi connectivity index (χ3n) is 1.96. The molecule has 1 aromatic rings. The van der Waals surface area contributed by atoms with E-state index in [0.29, 0.717) is 12.6 Å². The van der Waals surface area contributed by atoms with Crippen LogP contribution in [0.4, 0.5) is 19.0 Å². The SMILES string of the molecule is CCCCCNc1nc(F)c(F)cc1F. The highest BCUT2D eigenvalue weighted by Gasteiger charge is 2.10. The Morgan fingerprint density at radius 1 is 1.20 bits per heavy atom. The van der Waals surface area contributed by atoms with E-state index in [-0.39, 0.29) is 5.82 Å². The summed E-state index contributed by atoms with van der Waals surface area (Å²) in [6.07, 6.45) is 2.88. The summed E-state index contributed by atoms with van der Waals surface area (Å²) in [7, 11) is 0. The fraction of sp³-hybridized carbons (Fsp3) is 0.500. The van der Waals surface area contributed by atoms with Gasteiger partial charge in [-0.1, -0.05) is 19.8 Å². The third-order valence-corrected chi connectivity index (χ3v) is 1.96. The Kier molecular flexibility index (Phi) is 4.39. The molecule has 1 N–H and O–H groups in total. The largest absolute Gasteiger partial charge is 0.368 e. The van der Waals surface area contributed by atoms with Crippen molar-refractivity contribution in [3.63, 3.8) is 0 Å². The van der Waals surface area contributed by atoms with Crippen LogP contribution in [0.1, 0.15) is 26.2 Å². The van der Waals surface area contributed by atoms with E-state index in [0.717, 1.165) is 19.3 Å². The van der Waals surface area contributed by atoms with Crippen molar-refractivity contribution in [2.45, 2.75) is 26.2 Å². The monoisotopic (exact) mass is 218 g/mol. The van der Waals surface area contributed by atoms with Gasteiger partial charge < -0.3 is 5.32 Å². The summed E-state index contributed by atoms with van der Waals surface area (Å²) in [4.78, 5) is 3.14. The quantitative estimate of drug-likeness (QED) is 0.606. The maximum Gasteiger partial charge on any atom is 0.251 e. The summed E-state index contributed by atoms with van der Waals surface area (Å²) in [6, 6.07) is 0.491. The highest BCUT2D eigenvalue weighted by molar-refractivity contribution is 5.35. The van der Waals surface area contributed by atoms with E-state index >= 15 is 0 Å². The summed E-state index contributed by atoms with van der Waals surface area (Å²) in [6.45, 7) is 2.54. The van der Waals surface area contributed by atoms with Gasteiger partial charge in [0.1, 0.15) is 0 Å². The maximum absolute atomic E-state index is 13.0. The lowest BCUT2D eigenvalue weighted by Crippen LogP contribution is -2.07. The number of hydrogen-bond donors (Lipinski definition) is 1.